The number of aromatic nitrogens is 2. The predicted molar refractivity (Wildman–Crippen MR) is 64.9 cm³/mol. The van der Waals surface area contributed by atoms with Crippen LogP contribution < -0.4 is 5.32 Å². The molecule has 0 aromatic carbocycles. The number of hydrogen-bond donors (Lipinski definition) is 1. The molecule has 1 N–H and O–H groups in total. The lowest BCUT2D eigenvalue weighted by molar-refractivity contribution is -0.385. The van der Waals surface area contributed by atoms with Crippen LogP contribution in [0.2, 0.25) is 0 Å². The molecule has 1 heterocycles. The van der Waals surface area contributed by atoms with E-state index in [1.165, 1.54) is 12.4 Å². The summed E-state index contributed by atoms with van der Waals surface area (Å²) >= 11 is 0. The maximum atomic E-state index is 10.4. The Morgan fingerprint density at radius 1 is 1.41 bits per heavy atom. The number of nitrogens with one attached hydrogen (secondary N) is 1. The fourth-order valence-electron chi connectivity index (χ4n) is 0.960. The minimum absolute atomic E-state index is 0.0505. The van der Waals surface area contributed by atoms with Crippen LogP contribution in [0.25, 0.3) is 0 Å². The zero-order valence-electron chi connectivity index (χ0n) is 10.5. The summed E-state index contributed by atoms with van der Waals surface area (Å²) in [6.07, 6.45) is 2.38. The van der Waals surface area contributed by atoms with E-state index in [9.17, 15) is 10.1 Å². The molecule has 7 nitrogen and oxygen atoms in total. The van der Waals surface area contributed by atoms with Crippen molar-refractivity contribution < 1.29 is 4.92 Å². The Kier molecular flexibility index (Phi) is 3.95. The number of nitrogens with zero attached hydrogens (tertiary/aromatic N) is 4. The van der Waals surface area contributed by atoms with E-state index in [1.54, 1.807) is 0 Å². The molecule has 0 saturated carbocycles. The number of nitro groups is 1. The summed E-state index contributed by atoms with van der Waals surface area (Å²) < 4.78 is 0. The van der Waals surface area contributed by atoms with Crippen LogP contribution in [0.3, 0.4) is 0 Å². The van der Waals surface area contributed by atoms with Crippen LogP contribution in [0, 0.1) is 10.1 Å². The van der Waals surface area contributed by atoms with E-state index in [2.05, 4.69) is 34.0 Å². The molecule has 0 radical (unpaired) electrons. The zero-order chi connectivity index (χ0) is 13.1. The van der Waals surface area contributed by atoms with Crippen molar-refractivity contribution in [2.24, 2.45) is 0 Å². The molecule has 0 amide bonds. The van der Waals surface area contributed by atoms with Gasteiger partial charge in [0.25, 0.3) is 0 Å². The second-order valence-corrected chi connectivity index (χ2v) is 4.58. The van der Waals surface area contributed by atoms with E-state index in [0.29, 0.717) is 12.5 Å². The Labute approximate surface area is 100 Å². The van der Waals surface area contributed by atoms with Crippen molar-refractivity contribution in [1.82, 2.24) is 14.9 Å². The number of hydrogen-bond acceptors (Lipinski definition) is 6. The van der Waals surface area contributed by atoms with Crippen LogP contribution in [-0.4, -0.2) is 46.0 Å². The van der Waals surface area contributed by atoms with Crippen LogP contribution in [0.4, 0.5) is 11.6 Å². The molecule has 0 aliphatic heterocycles. The van der Waals surface area contributed by atoms with Gasteiger partial charge in [0, 0.05) is 12.1 Å². The van der Waals surface area contributed by atoms with Gasteiger partial charge in [0.1, 0.15) is 12.4 Å². The molecule has 94 valence electrons. The third-order valence-electron chi connectivity index (χ3n) is 2.74. The van der Waals surface area contributed by atoms with Gasteiger partial charge in [-0.05, 0) is 27.9 Å². The highest BCUT2D eigenvalue weighted by Gasteiger charge is 2.20. The third-order valence-corrected chi connectivity index (χ3v) is 2.74. The Bertz CT molecular complexity index is 388. The molecular formula is C10H17N5O2. The minimum atomic E-state index is -0.520. The van der Waals surface area contributed by atoms with E-state index in [-0.39, 0.29) is 11.2 Å². The van der Waals surface area contributed by atoms with Crippen LogP contribution in [0.1, 0.15) is 13.8 Å². The van der Waals surface area contributed by atoms with Gasteiger partial charge in [-0.2, -0.15) is 0 Å². The van der Waals surface area contributed by atoms with Gasteiger partial charge in [0.15, 0.2) is 0 Å². The molecule has 0 fully saturated rings. The summed E-state index contributed by atoms with van der Waals surface area (Å²) in [5, 5.41) is 13.5. The van der Waals surface area contributed by atoms with E-state index in [1.807, 2.05) is 14.1 Å². The van der Waals surface area contributed by atoms with Gasteiger partial charge >= 0.3 is 5.69 Å². The summed E-state index contributed by atoms with van der Waals surface area (Å²) in [4.78, 5) is 19.7. The Balaban J connectivity index is 2.62. The lowest BCUT2D eigenvalue weighted by Crippen LogP contribution is -2.44. The molecular weight excluding hydrogens is 222 g/mol. The summed E-state index contributed by atoms with van der Waals surface area (Å²) in [6, 6.07) is 0. The molecule has 0 aliphatic rings. The minimum Gasteiger partial charge on any atom is -0.352 e. The second-order valence-electron chi connectivity index (χ2n) is 4.58. The first kappa shape index (κ1) is 13.3. The number of anilines is 1. The molecule has 0 bridgehead atoms. The van der Waals surface area contributed by atoms with Crippen molar-refractivity contribution in [3.8, 4) is 0 Å². The molecule has 1 aromatic heterocycles. The molecule has 0 saturated heterocycles. The first-order valence-corrected chi connectivity index (χ1v) is 5.20. The molecule has 1 aromatic rings. The maximum Gasteiger partial charge on any atom is 0.305 e. The highest BCUT2D eigenvalue weighted by Crippen LogP contribution is 2.12. The maximum absolute atomic E-state index is 10.4. The predicted octanol–water partition coefficient (Wildman–Crippen LogP) is 1.14. The summed E-state index contributed by atoms with van der Waals surface area (Å²) in [5.74, 6) is 0.394. The van der Waals surface area contributed by atoms with Gasteiger partial charge in [0.2, 0.25) is 5.95 Å². The lowest BCUT2D eigenvalue weighted by Gasteiger charge is -2.32. The van der Waals surface area contributed by atoms with Crippen LogP contribution in [0.5, 0.6) is 0 Å². The molecule has 17 heavy (non-hydrogen) atoms. The Hall–Kier alpha value is -1.76. The average molecular weight is 239 g/mol. The summed E-state index contributed by atoms with van der Waals surface area (Å²) in [7, 11) is 3.97. The normalized spacial score (nSPS) is 11.6. The van der Waals surface area contributed by atoms with Crippen LogP contribution in [0.15, 0.2) is 12.4 Å². The topological polar surface area (TPSA) is 84.2 Å². The Morgan fingerprint density at radius 2 is 1.94 bits per heavy atom. The van der Waals surface area contributed by atoms with E-state index < -0.39 is 4.92 Å². The summed E-state index contributed by atoms with van der Waals surface area (Å²) in [6.45, 7) is 4.80. The van der Waals surface area contributed by atoms with Crippen molar-refractivity contribution in [3.63, 3.8) is 0 Å². The van der Waals surface area contributed by atoms with Gasteiger partial charge in [0.05, 0.1) is 4.92 Å². The van der Waals surface area contributed by atoms with E-state index in [4.69, 9.17) is 0 Å². The molecule has 0 spiro atoms. The molecule has 7 heteroatoms. The van der Waals surface area contributed by atoms with Crippen LogP contribution in [-0.2, 0) is 0 Å². The fourth-order valence-corrected chi connectivity index (χ4v) is 0.960. The van der Waals surface area contributed by atoms with Gasteiger partial charge in [-0.15, -0.1) is 0 Å². The third kappa shape index (κ3) is 3.63. The standard InChI is InChI=1S/C10H17N5O2/c1-10(2,14(3)4)7-13-9-11-5-8(6-12-9)15(16)17/h5-6H,7H2,1-4H3,(H,11,12,13). The molecule has 1 rings (SSSR count). The van der Waals surface area contributed by atoms with Crippen molar-refractivity contribution in [3.05, 3.63) is 22.5 Å². The van der Waals surface area contributed by atoms with Crippen molar-refractivity contribution in [2.75, 3.05) is 26.0 Å². The number of rotatable bonds is 5. The zero-order valence-corrected chi connectivity index (χ0v) is 10.5. The quantitative estimate of drug-likeness (QED) is 0.612. The highest BCUT2D eigenvalue weighted by molar-refractivity contribution is 5.31. The van der Waals surface area contributed by atoms with Gasteiger partial charge in [-0.3, -0.25) is 10.1 Å². The van der Waals surface area contributed by atoms with Crippen molar-refractivity contribution >= 4 is 11.6 Å². The van der Waals surface area contributed by atoms with Crippen LogP contribution >= 0.6 is 0 Å². The second kappa shape index (κ2) is 5.05. The van der Waals surface area contributed by atoms with E-state index in [0.717, 1.165) is 0 Å². The molecule has 0 unspecified atom stereocenters. The monoisotopic (exact) mass is 239 g/mol. The molecule has 0 atom stereocenters. The van der Waals surface area contributed by atoms with Gasteiger partial charge in [-0.1, -0.05) is 0 Å². The fraction of sp³-hybridized carbons (Fsp3) is 0.600. The first-order valence-electron chi connectivity index (χ1n) is 5.20. The Morgan fingerprint density at radius 3 is 2.35 bits per heavy atom. The lowest BCUT2D eigenvalue weighted by atomic mass is 10.1. The van der Waals surface area contributed by atoms with Gasteiger partial charge < -0.3 is 10.2 Å². The summed E-state index contributed by atoms with van der Waals surface area (Å²) in [5.41, 5.74) is -0.159. The molecule has 0 aliphatic carbocycles. The van der Waals surface area contributed by atoms with E-state index >= 15 is 0 Å². The highest BCUT2D eigenvalue weighted by atomic mass is 16.6. The van der Waals surface area contributed by atoms with Crippen molar-refractivity contribution in [2.45, 2.75) is 19.4 Å². The van der Waals surface area contributed by atoms with Crippen molar-refractivity contribution in [1.29, 1.82) is 0 Å². The smallest absolute Gasteiger partial charge is 0.305 e. The first-order chi connectivity index (χ1) is 7.83. The average Bonchev–Trinajstić information content (AvgIpc) is 2.27. The largest absolute Gasteiger partial charge is 0.352 e. The number of likely N-dealkylation sites (N-methyl/N-ethyl adjacent to an activating group) is 1. The SMILES string of the molecule is CN(C)C(C)(C)CNc1ncc([N+](=O)[O-])cn1. The van der Waals surface area contributed by atoms with Gasteiger partial charge in [-0.25, -0.2) is 9.97 Å².